The third-order valence-corrected chi connectivity index (χ3v) is 8.49. The summed E-state index contributed by atoms with van der Waals surface area (Å²) in [6, 6.07) is 13.4. The number of hydrogen-bond donors (Lipinski definition) is 1. The monoisotopic (exact) mass is 462 g/mol. The van der Waals surface area contributed by atoms with Gasteiger partial charge in [-0.15, -0.1) is 0 Å². The van der Waals surface area contributed by atoms with Gasteiger partial charge in [0.1, 0.15) is 12.3 Å². The number of carbonyl (C=O) groups is 1. The summed E-state index contributed by atoms with van der Waals surface area (Å²) in [5.74, 6) is 1.03. The van der Waals surface area contributed by atoms with E-state index in [0.29, 0.717) is 23.2 Å². The van der Waals surface area contributed by atoms with Crippen LogP contribution in [0.4, 0.5) is 5.69 Å². The zero-order chi connectivity index (χ0) is 22.3. The van der Waals surface area contributed by atoms with E-state index < -0.39 is 10.0 Å². The average molecular weight is 463 g/mol. The number of rotatable bonds is 10. The molecule has 6 nitrogen and oxygen atoms in total. The maximum atomic E-state index is 13.4. The first-order valence-corrected chi connectivity index (χ1v) is 13.0. The molecule has 1 aliphatic carbocycles. The Bertz CT molecular complexity index is 971. The summed E-state index contributed by atoms with van der Waals surface area (Å²) in [7, 11) is -2.40. The van der Waals surface area contributed by atoms with Crippen molar-refractivity contribution in [1.29, 1.82) is 0 Å². The minimum atomic E-state index is -3.92. The van der Waals surface area contributed by atoms with Gasteiger partial charge in [-0.1, -0.05) is 36.6 Å². The summed E-state index contributed by atoms with van der Waals surface area (Å²) < 4.78 is 33.2. The molecular formula is C23H30N2O4S2. The summed E-state index contributed by atoms with van der Waals surface area (Å²) in [6.45, 7) is 2.13. The fourth-order valence-corrected chi connectivity index (χ4v) is 6.21. The molecule has 168 valence electrons. The average Bonchev–Trinajstić information content (AvgIpc) is 3.29. The number of ether oxygens (including phenoxy) is 1. The Balaban J connectivity index is 1.73. The minimum Gasteiger partial charge on any atom is -0.497 e. The fraction of sp³-hybridized carbons (Fsp3) is 0.435. The van der Waals surface area contributed by atoms with Gasteiger partial charge in [-0.25, -0.2) is 8.42 Å². The van der Waals surface area contributed by atoms with Gasteiger partial charge >= 0.3 is 0 Å². The normalized spacial score (nSPS) is 14.4. The molecule has 0 bridgehead atoms. The molecule has 1 saturated carbocycles. The maximum absolute atomic E-state index is 13.4. The second-order valence-electron chi connectivity index (χ2n) is 7.65. The molecule has 0 atom stereocenters. The molecule has 1 fully saturated rings. The van der Waals surface area contributed by atoms with Crippen LogP contribution in [0.1, 0.15) is 31.2 Å². The number of thioether (sulfide) groups is 1. The Morgan fingerprint density at radius 1 is 1.16 bits per heavy atom. The number of carbonyl (C=O) groups excluding carboxylic acids is 1. The molecule has 0 saturated heterocycles. The topological polar surface area (TPSA) is 75.7 Å². The van der Waals surface area contributed by atoms with Gasteiger partial charge in [-0.05, 0) is 44.0 Å². The standard InChI is InChI=1S/C23H30N2O4S2/c1-18-10-12-22(13-11-18)31(27,28)25(19-6-5-7-20(16-19)29-2)17-23(26)24-14-15-30-21-8-3-4-9-21/h5-7,10-13,16,21H,3-4,8-9,14-15,17H2,1-2H3,(H,24,26). The van der Waals surface area contributed by atoms with Crippen LogP contribution in [0.5, 0.6) is 5.75 Å². The van der Waals surface area contributed by atoms with Crippen molar-refractivity contribution < 1.29 is 17.9 Å². The van der Waals surface area contributed by atoms with E-state index in [-0.39, 0.29) is 17.3 Å². The van der Waals surface area contributed by atoms with Crippen molar-refractivity contribution in [3.63, 3.8) is 0 Å². The number of hydrogen-bond acceptors (Lipinski definition) is 5. The largest absolute Gasteiger partial charge is 0.497 e. The summed E-state index contributed by atoms with van der Waals surface area (Å²) in [5.41, 5.74) is 1.35. The first-order valence-electron chi connectivity index (χ1n) is 10.5. The highest BCUT2D eigenvalue weighted by Crippen LogP contribution is 2.29. The van der Waals surface area contributed by atoms with Crippen molar-refractivity contribution in [1.82, 2.24) is 5.32 Å². The van der Waals surface area contributed by atoms with Crippen LogP contribution in [0.15, 0.2) is 53.4 Å². The van der Waals surface area contributed by atoms with E-state index in [1.807, 2.05) is 18.7 Å². The molecule has 2 aromatic carbocycles. The molecule has 2 aromatic rings. The van der Waals surface area contributed by atoms with E-state index in [9.17, 15) is 13.2 Å². The third kappa shape index (κ3) is 6.40. The van der Waals surface area contributed by atoms with E-state index in [2.05, 4.69) is 5.32 Å². The van der Waals surface area contributed by atoms with Crippen LogP contribution < -0.4 is 14.4 Å². The molecule has 3 rings (SSSR count). The van der Waals surface area contributed by atoms with Crippen molar-refractivity contribution in [3.8, 4) is 5.75 Å². The Kier molecular flexibility index (Phi) is 8.26. The highest BCUT2D eigenvalue weighted by molar-refractivity contribution is 7.99. The Labute approximate surface area is 189 Å². The van der Waals surface area contributed by atoms with Gasteiger partial charge in [-0.3, -0.25) is 9.10 Å². The van der Waals surface area contributed by atoms with Crippen LogP contribution in [0.25, 0.3) is 0 Å². The van der Waals surface area contributed by atoms with E-state index in [1.54, 1.807) is 48.5 Å². The maximum Gasteiger partial charge on any atom is 0.264 e. The van der Waals surface area contributed by atoms with Gasteiger partial charge in [0.25, 0.3) is 10.0 Å². The van der Waals surface area contributed by atoms with Gasteiger partial charge < -0.3 is 10.1 Å². The number of benzene rings is 2. The van der Waals surface area contributed by atoms with Crippen LogP contribution >= 0.6 is 11.8 Å². The van der Waals surface area contributed by atoms with E-state index in [4.69, 9.17) is 4.74 Å². The van der Waals surface area contributed by atoms with Crippen molar-refractivity contribution in [3.05, 3.63) is 54.1 Å². The second-order valence-corrected chi connectivity index (χ2v) is 10.9. The first kappa shape index (κ1) is 23.5. The molecule has 1 amide bonds. The number of sulfonamides is 1. The molecule has 0 aromatic heterocycles. The third-order valence-electron chi connectivity index (χ3n) is 5.32. The van der Waals surface area contributed by atoms with Crippen LogP contribution in [0, 0.1) is 6.92 Å². The lowest BCUT2D eigenvalue weighted by Crippen LogP contribution is -2.41. The predicted molar refractivity (Wildman–Crippen MR) is 126 cm³/mol. The predicted octanol–water partition coefficient (Wildman–Crippen LogP) is 3.99. The first-order chi connectivity index (χ1) is 14.9. The van der Waals surface area contributed by atoms with Gasteiger partial charge in [0.2, 0.25) is 5.91 Å². The summed E-state index contributed by atoms with van der Waals surface area (Å²) in [4.78, 5) is 12.8. The molecule has 0 aliphatic heterocycles. The number of nitrogens with zero attached hydrogens (tertiary/aromatic N) is 1. The zero-order valence-corrected chi connectivity index (χ0v) is 19.7. The van der Waals surface area contributed by atoms with E-state index in [1.165, 1.54) is 32.8 Å². The summed E-state index contributed by atoms with van der Waals surface area (Å²) in [6.07, 6.45) is 5.07. The van der Waals surface area contributed by atoms with Gasteiger partial charge in [0.05, 0.1) is 17.7 Å². The SMILES string of the molecule is COc1cccc(N(CC(=O)NCCSC2CCCC2)S(=O)(=O)c2ccc(C)cc2)c1. The molecule has 0 spiro atoms. The molecule has 0 radical (unpaired) electrons. The quantitative estimate of drug-likeness (QED) is 0.541. The number of anilines is 1. The lowest BCUT2D eigenvalue weighted by Gasteiger charge is -2.24. The molecular weight excluding hydrogens is 432 g/mol. The zero-order valence-electron chi connectivity index (χ0n) is 18.0. The van der Waals surface area contributed by atoms with E-state index in [0.717, 1.165) is 15.6 Å². The fourth-order valence-electron chi connectivity index (χ4n) is 3.58. The van der Waals surface area contributed by atoms with Crippen LogP contribution in [0.2, 0.25) is 0 Å². The van der Waals surface area contributed by atoms with Crippen LogP contribution in [-0.4, -0.2) is 45.5 Å². The number of nitrogens with one attached hydrogen (secondary N) is 1. The van der Waals surface area contributed by atoms with Crippen molar-refractivity contribution >= 4 is 33.4 Å². The highest BCUT2D eigenvalue weighted by Gasteiger charge is 2.27. The van der Waals surface area contributed by atoms with Gasteiger partial charge in [-0.2, -0.15) is 11.8 Å². The van der Waals surface area contributed by atoms with Gasteiger partial charge in [0.15, 0.2) is 0 Å². The van der Waals surface area contributed by atoms with Crippen LogP contribution in [0.3, 0.4) is 0 Å². The molecule has 0 heterocycles. The Morgan fingerprint density at radius 3 is 2.55 bits per heavy atom. The molecule has 1 N–H and O–H groups in total. The second kappa shape index (κ2) is 10.9. The summed E-state index contributed by atoms with van der Waals surface area (Å²) in [5, 5.41) is 3.56. The highest BCUT2D eigenvalue weighted by atomic mass is 32.2. The molecule has 1 aliphatic rings. The lowest BCUT2D eigenvalue weighted by molar-refractivity contribution is -0.119. The van der Waals surface area contributed by atoms with Gasteiger partial charge in [0, 0.05) is 23.6 Å². The Hall–Kier alpha value is -2.19. The molecule has 31 heavy (non-hydrogen) atoms. The smallest absolute Gasteiger partial charge is 0.264 e. The van der Waals surface area contributed by atoms with Crippen molar-refractivity contribution in [2.24, 2.45) is 0 Å². The van der Waals surface area contributed by atoms with Crippen molar-refractivity contribution in [2.75, 3.05) is 30.3 Å². The Morgan fingerprint density at radius 2 is 1.87 bits per heavy atom. The van der Waals surface area contributed by atoms with Crippen LogP contribution in [-0.2, 0) is 14.8 Å². The van der Waals surface area contributed by atoms with E-state index >= 15 is 0 Å². The van der Waals surface area contributed by atoms with Crippen molar-refractivity contribution in [2.45, 2.75) is 42.8 Å². The number of methoxy groups -OCH3 is 1. The number of aryl methyl sites for hydroxylation is 1. The minimum absolute atomic E-state index is 0.144. The summed E-state index contributed by atoms with van der Waals surface area (Å²) >= 11 is 1.89. The number of amides is 1. The molecule has 8 heteroatoms. The lowest BCUT2D eigenvalue weighted by atomic mass is 10.2. The molecule has 0 unspecified atom stereocenters.